The molecule has 0 bridgehead atoms. The van der Waals surface area contributed by atoms with Gasteiger partial charge < -0.3 is 25.9 Å². The Balaban J connectivity index is 0.00000225. The van der Waals surface area contributed by atoms with E-state index >= 15 is 0 Å². The van der Waals surface area contributed by atoms with E-state index in [1.54, 1.807) is 18.3 Å². The van der Waals surface area contributed by atoms with Gasteiger partial charge in [-0.05, 0) is 43.7 Å². The number of nitrogens with zero attached hydrogens (tertiary/aromatic N) is 3. The highest BCUT2D eigenvalue weighted by molar-refractivity contribution is 6.00. The van der Waals surface area contributed by atoms with Crippen LogP contribution in [0.5, 0.6) is 5.88 Å². The van der Waals surface area contributed by atoms with Gasteiger partial charge in [0.05, 0.1) is 25.1 Å². The number of nitrogens with one attached hydrogen (secondary N) is 1. The first kappa shape index (κ1) is 25.2. The van der Waals surface area contributed by atoms with Gasteiger partial charge in [0.1, 0.15) is 11.4 Å². The number of ether oxygens (including phenoxy) is 1. The van der Waals surface area contributed by atoms with E-state index in [2.05, 4.69) is 20.3 Å². The summed E-state index contributed by atoms with van der Waals surface area (Å²) >= 11 is 0. The lowest BCUT2D eigenvalue weighted by molar-refractivity contribution is 0.0946. The molecule has 0 aliphatic heterocycles. The van der Waals surface area contributed by atoms with Gasteiger partial charge in [-0.15, -0.1) is 24.8 Å². The second kappa shape index (κ2) is 12.0. The molecule has 0 saturated carbocycles. The second-order valence-corrected chi connectivity index (χ2v) is 6.03. The Labute approximate surface area is 186 Å². The van der Waals surface area contributed by atoms with E-state index in [1.165, 1.54) is 6.26 Å². The molecule has 30 heavy (non-hydrogen) atoms. The molecule has 11 heteroatoms. The fourth-order valence-electron chi connectivity index (χ4n) is 2.50. The molecule has 3 aromatic heterocycles. The van der Waals surface area contributed by atoms with Gasteiger partial charge >= 0.3 is 0 Å². The van der Waals surface area contributed by atoms with Crippen molar-refractivity contribution in [1.29, 1.82) is 0 Å². The van der Waals surface area contributed by atoms with Crippen LogP contribution >= 0.6 is 24.8 Å². The molecular formula is C19H24Cl2N6O3. The third kappa shape index (κ3) is 6.06. The third-order valence-corrected chi connectivity index (χ3v) is 3.99. The van der Waals surface area contributed by atoms with E-state index in [9.17, 15) is 4.79 Å². The minimum absolute atomic E-state index is 0. The van der Waals surface area contributed by atoms with E-state index in [1.807, 2.05) is 19.1 Å². The normalized spacial score (nSPS) is 9.93. The van der Waals surface area contributed by atoms with E-state index < -0.39 is 5.91 Å². The average molecular weight is 455 g/mol. The standard InChI is InChI=1S/C19H22N6O3.2ClH/c1-12-5-2-8-22-13(12)11-23-18(26)15-16(21)24-17(14-6-3-9-27-14)25-19(15)28-10-4-7-20;;/h2-3,5-6,8-9H,4,7,10-11,20H2,1H3,(H,23,26)(H2,21,24,25);2*1H. The van der Waals surface area contributed by atoms with Crippen molar-refractivity contribution in [3.63, 3.8) is 0 Å². The van der Waals surface area contributed by atoms with Gasteiger partial charge in [-0.2, -0.15) is 4.98 Å². The molecule has 0 atom stereocenters. The van der Waals surface area contributed by atoms with Crippen molar-refractivity contribution in [3.05, 3.63) is 53.5 Å². The van der Waals surface area contributed by atoms with Crippen LogP contribution in [0.4, 0.5) is 5.82 Å². The zero-order chi connectivity index (χ0) is 19.9. The smallest absolute Gasteiger partial charge is 0.260 e. The number of hydrogen-bond acceptors (Lipinski definition) is 8. The predicted molar refractivity (Wildman–Crippen MR) is 118 cm³/mol. The molecule has 0 unspecified atom stereocenters. The Kier molecular flexibility index (Phi) is 10.0. The maximum Gasteiger partial charge on any atom is 0.260 e. The highest BCUT2D eigenvalue weighted by Gasteiger charge is 2.22. The third-order valence-electron chi connectivity index (χ3n) is 3.99. The molecule has 1 amide bonds. The summed E-state index contributed by atoms with van der Waals surface area (Å²) in [7, 11) is 0. The molecule has 9 nitrogen and oxygen atoms in total. The summed E-state index contributed by atoms with van der Waals surface area (Å²) in [5, 5.41) is 2.79. The molecule has 0 aliphatic carbocycles. The number of amides is 1. The van der Waals surface area contributed by atoms with Gasteiger partial charge in [-0.1, -0.05) is 6.07 Å². The Hall–Kier alpha value is -2.88. The number of hydrogen-bond donors (Lipinski definition) is 3. The van der Waals surface area contributed by atoms with Crippen LogP contribution in [0.3, 0.4) is 0 Å². The van der Waals surface area contributed by atoms with Crippen molar-refractivity contribution in [3.8, 4) is 17.5 Å². The van der Waals surface area contributed by atoms with Crippen molar-refractivity contribution in [2.75, 3.05) is 18.9 Å². The van der Waals surface area contributed by atoms with Crippen molar-refractivity contribution in [2.45, 2.75) is 19.9 Å². The fourth-order valence-corrected chi connectivity index (χ4v) is 2.50. The monoisotopic (exact) mass is 454 g/mol. The van der Waals surface area contributed by atoms with Crippen molar-refractivity contribution >= 4 is 36.5 Å². The number of nitrogen functional groups attached to an aromatic ring is 1. The Morgan fingerprint density at radius 1 is 1.23 bits per heavy atom. The summed E-state index contributed by atoms with van der Waals surface area (Å²) in [4.78, 5) is 25.5. The van der Waals surface area contributed by atoms with Crippen LogP contribution in [0, 0.1) is 6.92 Å². The maximum absolute atomic E-state index is 12.8. The summed E-state index contributed by atoms with van der Waals surface area (Å²) < 4.78 is 11.0. The van der Waals surface area contributed by atoms with Gasteiger partial charge in [0.15, 0.2) is 5.76 Å². The number of aromatic nitrogens is 3. The molecule has 3 heterocycles. The number of rotatable bonds is 8. The highest BCUT2D eigenvalue weighted by atomic mass is 35.5. The van der Waals surface area contributed by atoms with Gasteiger partial charge in [0, 0.05) is 6.20 Å². The zero-order valence-corrected chi connectivity index (χ0v) is 18.0. The Bertz CT molecular complexity index is 953. The minimum Gasteiger partial charge on any atom is -0.477 e. The van der Waals surface area contributed by atoms with Crippen LogP contribution in [0.15, 0.2) is 41.1 Å². The van der Waals surface area contributed by atoms with Crippen molar-refractivity contribution in [1.82, 2.24) is 20.3 Å². The number of halogens is 2. The molecule has 0 radical (unpaired) electrons. The van der Waals surface area contributed by atoms with Gasteiger partial charge in [-0.3, -0.25) is 9.78 Å². The lowest BCUT2D eigenvalue weighted by Gasteiger charge is -2.13. The number of pyridine rings is 1. The zero-order valence-electron chi connectivity index (χ0n) is 16.3. The molecule has 0 fully saturated rings. The molecule has 5 N–H and O–H groups in total. The average Bonchev–Trinajstić information content (AvgIpc) is 3.22. The SMILES string of the molecule is Cc1cccnc1CNC(=O)c1c(N)nc(-c2ccco2)nc1OCCCN.Cl.Cl. The number of carbonyl (C=O) groups is 1. The number of anilines is 1. The molecule has 162 valence electrons. The number of nitrogens with two attached hydrogens (primary N) is 2. The number of carbonyl (C=O) groups excluding carboxylic acids is 1. The van der Waals surface area contributed by atoms with Crippen LogP contribution in [0.25, 0.3) is 11.6 Å². The second-order valence-electron chi connectivity index (χ2n) is 6.03. The maximum atomic E-state index is 12.8. The number of furan rings is 1. The first-order valence-corrected chi connectivity index (χ1v) is 8.83. The summed E-state index contributed by atoms with van der Waals surface area (Å²) in [6.07, 6.45) is 3.78. The fraction of sp³-hybridized carbons (Fsp3) is 0.263. The molecule has 0 saturated heterocycles. The lowest BCUT2D eigenvalue weighted by atomic mass is 10.2. The van der Waals surface area contributed by atoms with Crippen LogP contribution in [-0.4, -0.2) is 34.0 Å². The highest BCUT2D eigenvalue weighted by Crippen LogP contribution is 2.26. The van der Waals surface area contributed by atoms with E-state index in [4.69, 9.17) is 20.6 Å². The Morgan fingerprint density at radius 3 is 2.70 bits per heavy atom. The van der Waals surface area contributed by atoms with Crippen LogP contribution in [0.1, 0.15) is 28.0 Å². The molecule has 0 aromatic carbocycles. The van der Waals surface area contributed by atoms with Gasteiger partial charge in [0.2, 0.25) is 11.7 Å². The molecular weight excluding hydrogens is 431 g/mol. The molecule has 0 aliphatic rings. The predicted octanol–water partition coefficient (Wildman–Crippen LogP) is 2.52. The number of aryl methyl sites for hydroxylation is 1. The quantitative estimate of drug-likeness (QED) is 0.440. The van der Waals surface area contributed by atoms with Crippen molar-refractivity contribution < 1.29 is 13.9 Å². The van der Waals surface area contributed by atoms with Gasteiger partial charge in [-0.25, -0.2) is 4.98 Å². The first-order chi connectivity index (χ1) is 13.6. The summed E-state index contributed by atoms with van der Waals surface area (Å²) in [5.41, 5.74) is 13.4. The van der Waals surface area contributed by atoms with E-state index in [0.29, 0.717) is 25.3 Å². The molecule has 0 spiro atoms. The summed E-state index contributed by atoms with van der Waals surface area (Å²) in [6, 6.07) is 7.16. The Morgan fingerprint density at radius 2 is 2.03 bits per heavy atom. The molecule has 3 aromatic rings. The van der Waals surface area contributed by atoms with E-state index in [-0.39, 0.29) is 54.4 Å². The first-order valence-electron chi connectivity index (χ1n) is 8.83. The largest absolute Gasteiger partial charge is 0.477 e. The lowest BCUT2D eigenvalue weighted by Crippen LogP contribution is -2.26. The van der Waals surface area contributed by atoms with Crippen LogP contribution < -0.4 is 21.5 Å². The van der Waals surface area contributed by atoms with Crippen molar-refractivity contribution in [2.24, 2.45) is 5.73 Å². The van der Waals surface area contributed by atoms with Gasteiger partial charge in [0.25, 0.3) is 5.91 Å². The minimum atomic E-state index is -0.448. The topological polar surface area (TPSA) is 142 Å². The van der Waals surface area contributed by atoms with E-state index in [0.717, 1.165) is 11.3 Å². The molecule has 3 rings (SSSR count). The summed E-state index contributed by atoms with van der Waals surface area (Å²) in [6.45, 7) is 2.91. The summed E-state index contributed by atoms with van der Waals surface area (Å²) in [5.74, 6) is 0.298. The van der Waals surface area contributed by atoms with Crippen LogP contribution in [-0.2, 0) is 6.54 Å². The van der Waals surface area contributed by atoms with Crippen LogP contribution in [0.2, 0.25) is 0 Å².